The summed E-state index contributed by atoms with van der Waals surface area (Å²) >= 11 is 13.0. The minimum absolute atomic E-state index is 0.108. The van der Waals surface area contributed by atoms with Gasteiger partial charge >= 0.3 is 0 Å². The summed E-state index contributed by atoms with van der Waals surface area (Å²) in [6.07, 6.45) is 1.67. The lowest BCUT2D eigenvalue weighted by atomic mass is 10.1. The molecule has 2 aromatic rings. The van der Waals surface area contributed by atoms with E-state index >= 15 is 0 Å². The summed E-state index contributed by atoms with van der Waals surface area (Å²) < 4.78 is 5.85. The van der Waals surface area contributed by atoms with E-state index in [1.165, 1.54) is 0 Å². The van der Waals surface area contributed by atoms with Crippen molar-refractivity contribution in [3.63, 3.8) is 0 Å². The van der Waals surface area contributed by atoms with Crippen molar-refractivity contribution < 1.29 is 9.53 Å². The van der Waals surface area contributed by atoms with Crippen LogP contribution in [0, 0.1) is 5.41 Å². The molecule has 0 bridgehead atoms. The van der Waals surface area contributed by atoms with Gasteiger partial charge < -0.3 is 10.1 Å². The lowest BCUT2D eigenvalue weighted by Crippen LogP contribution is -2.18. The summed E-state index contributed by atoms with van der Waals surface area (Å²) in [5, 5.41) is 11.3. The molecule has 122 valence electrons. The molecule has 1 aliphatic rings. The second kappa shape index (κ2) is 7.30. The van der Waals surface area contributed by atoms with E-state index in [1.54, 1.807) is 36.4 Å². The van der Waals surface area contributed by atoms with Crippen LogP contribution in [-0.4, -0.2) is 11.1 Å². The van der Waals surface area contributed by atoms with Crippen molar-refractivity contribution in [1.82, 2.24) is 5.32 Å². The van der Waals surface area contributed by atoms with Crippen molar-refractivity contribution in [3.05, 3.63) is 68.5 Å². The Labute approximate surface area is 153 Å². The standard InChI is InChI=1S/C17H12Cl2N2O2S/c18-12-3-1-10(2-4-12)9-23-14-6-5-13(19)7-11(14)8-15-16(22)21-17(20)24-15/h1-8H,9H2,(H2,20,21,22)/b15-8-. The van der Waals surface area contributed by atoms with Gasteiger partial charge in [-0.05, 0) is 53.7 Å². The molecule has 0 spiro atoms. The Morgan fingerprint density at radius 3 is 2.50 bits per heavy atom. The molecule has 0 aromatic heterocycles. The van der Waals surface area contributed by atoms with Crippen LogP contribution in [0.4, 0.5) is 0 Å². The number of benzene rings is 2. The van der Waals surface area contributed by atoms with Crippen LogP contribution in [-0.2, 0) is 11.4 Å². The van der Waals surface area contributed by atoms with E-state index < -0.39 is 0 Å². The summed E-state index contributed by atoms with van der Waals surface area (Å²) in [6.45, 7) is 0.365. The third kappa shape index (κ3) is 4.12. The smallest absolute Gasteiger partial charge is 0.264 e. The lowest BCUT2D eigenvalue weighted by molar-refractivity contribution is -0.115. The van der Waals surface area contributed by atoms with Gasteiger partial charge in [-0.15, -0.1) is 0 Å². The highest BCUT2D eigenvalue weighted by Crippen LogP contribution is 2.31. The van der Waals surface area contributed by atoms with E-state index in [0.717, 1.165) is 17.3 Å². The van der Waals surface area contributed by atoms with Crippen LogP contribution in [0.25, 0.3) is 6.08 Å². The maximum atomic E-state index is 11.8. The number of amidine groups is 1. The number of nitrogens with one attached hydrogen (secondary N) is 2. The number of hydrogen-bond acceptors (Lipinski definition) is 4. The molecule has 1 fully saturated rings. The Kier molecular flexibility index (Phi) is 5.14. The minimum Gasteiger partial charge on any atom is -0.488 e. The predicted octanol–water partition coefficient (Wildman–Crippen LogP) is 4.71. The topological polar surface area (TPSA) is 62.2 Å². The zero-order chi connectivity index (χ0) is 17.1. The molecule has 0 saturated carbocycles. The van der Waals surface area contributed by atoms with Gasteiger partial charge in [0.15, 0.2) is 5.17 Å². The second-order valence-corrected chi connectivity index (χ2v) is 6.92. The predicted molar refractivity (Wildman–Crippen MR) is 98.7 cm³/mol. The molecule has 0 aliphatic carbocycles. The third-order valence-corrected chi connectivity index (χ3v) is 4.55. The van der Waals surface area contributed by atoms with Crippen LogP contribution in [0.5, 0.6) is 5.75 Å². The molecule has 2 aromatic carbocycles. The quantitative estimate of drug-likeness (QED) is 0.757. The number of halogens is 2. The molecule has 1 amide bonds. The first kappa shape index (κ1) is 16.9. The van der Waals surface area contributed by atoms with Gasteiger partial charge in [-0.2, -0.15) is 0 Å². The molecule has 0 unspecified atom stereocenters. The molecular weight excluding hydrogens is 367 g/mol. The van der Waals surface area contributed by atoms with Crippen LogP contribution in [0.2, 0.25) is 10.0 Å². The Morgan fingerprint density at radius 2 is 1.83 bits per heavy atom. The third-order valence-electron chi connectivity index (χ3n) is 3.23. The molecule has 4 nitrogen and oxygen atoms in total. The Bertz CT molecular complexity index is 835. The molecule has 0 atom stereocenters. The number of carbonyl (C=O) groups excluding carboxylic acids is 1. The molecule has 1 aliphatic heterocycles. The number of ether oxygens (including phenoxy) is 1. The zero-order valence-electron chi connectivity index (χ0n) is 12.3. The van der Waals surface area contributed by atoms with Gasteiger partial charge in [-0.25, -0.2) is 0 Å². The highest BCUT2D eigenvalue weighted by atomic mass is 35.5. The summed E-state index contributed by atoms with van der Waals surface area (Å²) in [6, 6.07) is 12.6. The van der Waals surface area contributed by atoms with Crippen molar-refractivity contribution >= 4 is 52.1 Å². The van der Waals surface area contributed by atoms with Crippen LogP contribution in [0.1, 0.15) is 11.1 Å². The fourth-order valence-electron chi connectivity index (χ4n) is 2.09. The normalized spacial score (nSPS) is 15.7. The Morgan fingerprint density at radius 1 is 1.12 bits per heavy atom. The Hall–Kier alpha value is -1.95. The summed E-state index contributed by atoms with van der Waals surface area (Å²) in [4.78, 5) is 12.2. The zero-order valence-corrected chi connectivity index (χ0v) is 14.6. The van der Waals surface area contributed by atoms with E-state index in [1.807, 2.05) is 12.1 Å². The first-order valence-corrected chi connectivity index (χ1v) is 8.55. The van der Waals surface area contributed by atoms with E-state index in [9.17, 15) is 4.79 Å². The van der Waals surface area contributed by atoms with E-state index in [2.05, 4.69) is 5.32 Å². The van der Waals surface area contributed by atoms with Crippen LogP contribution >= 0.6 is 35.0 Å². The average molecular weight is 379 g/mol. The number of thioether (sulfide) groups is 1. The SMILES string of the molecule is N=C1NC(=O)/C(=C/c2cc(Cl)ccc2OCc2ccc(Cl)cc2)S1. The van der Waals surface area contributed by atoms with Crippen molar-refractivity contribution in [2.45, 2.75) is 6.61 Å². The van der Waals surface area contributed by atoms with Crippen LogP contribution in [0.15, 0.2) is 47.4 Å². The van der Waals surface area contributed by atoms with Gasteiger partial charge in [0.05, 0.1) is 4.91 Å². The van der Waals surface area contributed by atoms with Crippen molar-refractivity contribution in [1.29, 1.82) is 5.41 Å². The van der Waals surface area contributed by atoms with Crippen molar-refractivity contribution in [3.8, 4) is 5.75 Å². The molecular formula is C17H12Cl2N2O2S. The fraction of sp³-hybridized carbons (Fsp3) is 0.0588. The van der Waals surface area contributed by atoms with Crippen LogP contribution < -0.4 is 10.1 Å². The van der Waals surface area contributed by atoms with Crippen LogP contribution in [0.3, 0.4) is 0 Å². The molecule has 24 heavy (non-hydrogen) atoms. The first-order chi connectivity index (χ1) is 11.5. The number of rotatable bonds is 4. The first-order valence-electron chi connectivity index (χ1n) is 6.97. The average Bonchev–Trinajstić information content (AvgIpc) is 2.86. The Balaban J connectivity index is 1.83. The molecule has 1 heterocycles. The maximum Gasteiger partial charge on any atom is 0.264 e. The van der Waals surface area contributed by atoms with E-state index in [-0.39, 0.29) is 11.1 Å². The lowest BCUT2D eigenvalue weighted by Gasteiger charge is -2.10. The van der Waals surface area contributed by atoms with Gasteiger partial charge in [0.25, 0.3) is 5.91 Å². The number of amides is 1. The van der Waals surface area contributed by atoms with Gasteiger partial charge in [-0.1, -0.05) is 35.3 Å². The molecule has 3 rings (SSSR count). The monoisotopic (exact) mass is 378 g/mol. The van der Waals surface area contributed by atoms with Crippen molar-refractivity contribution in [2.75, 3.05) is 0 Å². The fourth-order valence-corrected chi connectivity index (χ4v) is 3.09. The summed E-state index contributed by atoms with van der Waals surface area (Å²) in [5.41, 5.74) is 1.66. The number of hydrogen-bond donors (Lipinski definition) is 2. The van der Waals surface area contributed by atoms with Crippen molar-refractivity contribution in [2.24, 2.45) is 0 Å². The highest BCUT2D eigenvalue weighted by molar-refractivity contribution is 8.18. The number of carbonyl (C=O) groups is 1. The highest BCUT2D eigenvalue weighted by Gasteiger charge is 2.22. The minimum atomic E-state index is -0.298. The molecule has 7 heteroatoms. The summed E-state index contributed by atoms with van der Waals surface area (Å²) in [5.74, 6) is 0.308. The molecule has 0 radical (unpaired) electrons. The van der Waals surface area contributed by atoms with Gasteiger partial charge in [0.1, 0.15) is 12.4 Å². The molecule has 1 saturated heterocycles. The van der Waals surface area contributed by atoms with Gasteiger partial charge in [0, 0.05) is 15.6 Å². The van der Waals surface area contributed by atoms with Gasteiger partial charge in [0.2, 0.25) is 0 Å². The van der Waals surface area contributed by atoms with E-state index in [0.29, 0.717) is 32.9 Å². The summed E-state index contributed by atoms with van der Waals surface area (Å²) in [7, 11) is 0. The second-order valence-electron chi connectivity index (χ2n) is 4.99. The van der Waals surface area contributed by atoms with Gasteiger partial charge in [-0.3, -0.25) is 10.2 Å². The molecule has 2 N–H and O–H groups in total. The maximum absolute atomic E-state index is 11.8. The largest absolute Gasteiger partial charge is 0.488 e. The van der Waals surface area contributed by atoms with E-state index in [4.69, 9.17) is 33.3 Å².